The minimum absolute atomic E-state index is 0.176. The number of hydrogen-bond acceptors (Lipinski definition) is 4. The minimum Gasteiger partial charge on any atom is -0.392 e. The summed E-state index contributed by atoms with van der Waals surface area (Å²) in [5.74, 6) is 0.966. The van der Waals surface area contributed by atoms with Gasteiger partial charge in [-0.15, -0.1) is 11.8 Å². The van der Waals surface area contributed by atoms with Crippen LogP contribution in [0.4, 0.5) is 0 Å². The molecule has 1 unspecified atom stereocenters. The van der Waals surface area contributed by atoms with E-state index in [0.29, 0.717) is 18.6 Å². The first-order chi connectivity index (χ1) is 8.94. The quantitative estimate of drug-likeness (QED) is 0.750. The molecule has 0 aliphatic carbocycles. The fourth-order valence-electron chi connectivity index (χ4n) is 1.67. The van der Waals surface area contributed by atoms with Crippen LogP contribution in [0.15, 0.2) is 29.2 Å². The molecule has 3 nitrogen and oxygen atoms in total. The number of sulfone groups is 1. The maximum absolute atomic E-state index is 11.3. The van der Waals surface area contributed by atoms with Crippen LogP contribution in [0.3, 0.4) is 0 Å². The molecule has 19 heavy (non-hydrogen) atoms. The van der Waals surface area contributed by atoms with Crippen molar-refractivity contribution in [2.24, 2.45) is 0 Å². The molecule has 0 saturated carbocycles. The average molecular weight is 302 g/mol. The molecule has 0 heterocycles. The van der Waals surface area contributed by atoms with Crippen molar-refractivity contribution in [1.82, 2.24) is 0 Å². The van der Waals surface area contributed by atoms with E-state index in [4.69, 9.17) is 0 Å². The molecule has 0 spiro atoms. The van der Waals surface area contributed by atoms with Gasteiger partial charge in [-0.05, 0) is 31.4 Å². The molecule has 1 N–H and O–H groups in total. The summed E-state index contributed by atoms with van der Waals surface area (Å²) >= 11 is 1.62. The molecule has 0 fully saturated rings. The number of benzene rings is 1. The SMILES string of the molecule is CCS(=O)(=O)CCCC(O)CSc1ccccc1C. The van der Waals surface area contributed by atoms with E-state index >= 15 is 0 Å². The van der Waals surface area contributed by atoms with Gasteiger partial charge in [0.15, 0.2) is 0 Å². The van der Waals surface area contributed by atoms with Crippen molar-refractivity contribution in [3.8, 4) is 0 Å². The summed E-state index contributed by atoms with van der Waals surface area (Å²) in [6.45, 7) is 3.70. The topological polar surface area (TPSA) is 54.4 Å². The van der Waals surface area contributed by atoms with E-state index in [2.05, 4.69) is 0 Å². The first-order valence-electron chi connectivity index (χ1n) is 6.51. The first kappa shape index (κ1) is 16.5. The second kappa shape index (κ2) is 7.92. The number of thioether (sulfide) groups is 1. The van der Waals surface area contributed by atoms with E-state index in [1.807, 2.05) is 31.2 Å². The lowest BCUT2D eigenvalue weighted by Gasteiger charge is -2.11. The highest BCUT2D eigenvalue weighted by molar-refractivity contribution is 7.99. The molecule has 0 amide bonds. The summed E-state index contributed by atoms with van der Waals surface area (Å²) in [6.07, 6.45) is 0.626. The Morgan fingerprint density at radius 1 is 1.32 bits per heavy atom. The third-order valence-corrected chi connectivity index (χ3v) is 6.07. The zero-order chi connectivity index (χ0) is 14.3. The maximum atomic E-state index is 11.3. The van der Waals surface area contributed by atoms with Crippen molar-refractivity contribution in [3.63, 3.8) is 0 Å². The molecule has 0 aliphatic heterocycles. The molecule has 1 rings (SSSR count). The average Bonchev–Trinajstić information content (AvgIpc) is 2.37. The Morgan fingerprint density at radius 2 is 2.00 bits per heavy atom. The van der Waals surface area contributed by atoms with Crippen LogP contribution in [-0.2, 0) is 9.84 Å². The molecule has 0 radical (unpaired) electrons. The number of aryl methyl sites for hydroxylation is 1. The van der Waals surface area contributed by atoms with Crippen LogP contribution in [0.2, 0.25) is 0 Å². The van der Waals surface area contributed by atoms with Gasteiger partial charge in [-0.25, -0.2) is 8.42 Å². The smallest absolute Gasteiger partial charge is 0.150 e. The lowest BCUT2D eigenvalue weighted by molar-refractivity contribution is 0.188. The van der Waals surface area contributed by atoms with Gasteiger partial charge < -0.3 is 5.11 Å². The molecular weight excluding hydrogens is 280 g/mol. The van der Waals surface area contributed by atoms with Crippen molar-refractivity contribution < 1.29 is 13.5 Å². The van der Waals surface area contributed by atoms with Crippen LogP contribution in [0.5, 0.6) is 0 Å². The summed E-state index contributed by atoms with van der Waals surface area (Å²) < 4.78 is 22.6. The molecule has 0 aromatic heterocycles. The molecule has 108 valence electrons. The molecule has 0 bridgehead atoms. The van der Waals surface area contributed by atoms with E-state index in [0.717, 1.165) is 0 Å². The maximum Gasteiger partial charge on any atom is 0.150 e. The third kappa shape index (κ3) is 6.45. The van der Waals surface area contributed by atoms with Gasteiger partial charge in [0, 0.05) is 16.4 Å². The van der Waals surface area contributed by atoms with Crippen LogP contribution in [0.1, 0.15) is 25.3 Å². The Labute approximate surface area is 120 Å². The Bertz CT molecular complexity index is 483. The van der Waals surface area contributed by atoms with E-state index in [1.54, 1.807) is 18.7 Å². The largest absolute Gasteiger partial charge is 0.392 e. The van der Waals surface area contributed by atoms with Crippen molar-refractivity contribution in [2.45, 2.75) is 37.7 Å². The van der Waals surface area contributed by atoms with Gasteiger partial charge in [-0.1, -0.05) is 25.1 Å². The van der Waals surface area contributed by atoms with Crippen molar-refractivity contribution in [1.29, 1.82) is 0 Å². The Hall–Kier alpha value is -0.520. The Morgan fingerprint density at radius 3 is 2.63 bits per heavy atom. The normalized spacial score (nSPS) is 13.4. The summed E-state index contributed by atoms with van der Waals surface area (Å²) in [5, 5.41) is 9.86. The molecular formula is C14H22O3S2. The fourth-order valence-corrected chi connectivity index (χ4v) is 3.58. The monoisotopic (exact) mass is 302 g/mol. The number of rotatable bonds is 8. The summed E-state index contributed by atoms with van der Waals surface area (Å²) in [5.41, 5.74) is 1.20. The summed E-state index contributed by atoms with van der Waals surface area (Å²) in [6, 6.07) is 8.05. The second-order valence-electron chi connectivity index (χ2n) is 4.61. The third-order valence-electron chi connectivity index (χ3n) is 2.96. The second-order valence-corrected chi connectivity index (χ2v) is 8.14. The van der Waals surface area contributed by atoms with Crippen molar-refractivity contribution in [2.75, 3.05) is 17.3 Å². The summed E-state index contributed by atoms with van der Waals surface area (Å²) in [7, 11) is -2.91. The minimum atomic E-state index is -2.91. The van der Waals surface area contributed by atoms with Crippen LogP contribution >= 0.6 is 11.8 Å². The number of hydrogen-bond donors (Lipinski definition) is 1. The Kier molecular flexibility index (Phi) is 6.89. The Balaban J connectivity index is 2.29. The molecule has 1 aromatic rings. The number of aliphatic hydroxyl groups excluding tert-OH is 1. The number of aliphatic hydroxyl groups is 1. The van der Waals surface area contributed by atoms with Crippen molar-refractivity contribution >= 4 is 21.6 Å². The molecule has 0 aliphatic rings. The lowest BCUT2D eigenvalue weighted by atomic mass is 10.2. The zero-order valence-electron chi connectivity index (χ0n) is 11.5. The first-order valence-corrected chi connectivity index (χ1v) is 9.32. The standard InChI is InChI=1S/C14H22O3S2/c1-3-19(16,17)10-6-8-13(15)11-18-14-9-5-4-7-12(14)2/h4-5,7,9,13,15H,3,6,8,10-11H2,1-2H3. The van der Waals surface area contributed by atoms with Crippen LogP contribution < -0.4 is 0 Å². The molecule has 1 atom stereocenters. The lowest BCUT2D eigenvalue weighted by Crippen LogP contribution is -2.14. The fraction of sp³-hybridized carbons (Fsp3) is 0.571. The zero-order valence-corrected chi connectivity index (χ0v) is 13.1. The van der Waals surface area contributed by atoms with Gasteiger partial charge in [0.2, 0.25) is 0 Å². The molecule has 5 heteroatoms. The van der Waals surface area contributed by atoms with Gasteiger partial charge in [0.05, 0.1) is 11.9 Å². The van der Waals surface area contributed by atoms with E-state index < -0.39 is 15.9 Å². The van der Waals surface area contributed by atoms with Crippen molar-refractivity contribution in [3.05, 3.63) is 29.8 Å². The van der Waals surface area contributed by atoms with E-state index in [1.165, 1.54) is 10.5 Å². The van der Waals surface area contributed by atoms with E-state index in [9.17, 15) is 13.5 Å². The van der Waals surface area contributed by atoms with Gasteiger partial charge in [-0.3, -0.25) is 0 Å². The van der Waals surface area contributed by atoms with Gasteiger partial charge >= 0.3 is 0 Å². The highest BCUT2D eigenvalue weighted by Gasteiger charge is 2.10. The van der Waals surface area contributed by atoms with Gasteiger partial charge in [0.1, 0.15) is 9.84 Å². The highest BCUT2D eigenvalue weighted by Crippen LogP contribution is 2.23. The molecule has 1 aromatic carbocycles. The van der Waals surface area contributed by atoms with Crippen LogP contribution in [-0.4, -0.2) is 36.9 Å². The highest BCUT2D eigenvalue weighted by atomic mass is 32.2. The predicted octanol–water partition coefficient (Wildman–Crippen LogP) is 2.66. The summed E-state index contributed by atoms with van der Waals surface area (Å²) in [4.78, 5) is 1.17. The predicted molar refractivity (Wildman–Crippen MR) is 81.5 cm³/mol. The van der Waals surface area contributed by atoms with Crippen LogP contribution in [0, 0.1) is 6.92 Å². The van der Waals surface area contributed by atoms with E-state index in [-0.39, 0.29) is 11.5 Å². The van der Waals surface area contributed by atoms with Crippen LogP contribution in [0.25, 0.3) is 0 Å². The van der Waals surface area contributed by atoms with Gasteiger partial charge in [-0.2, -0.15) is 0 Å². The molecule has 0 saturated heterocycles. The van der Waals surface area contributed by atoms with Gasteiger partial charge in [0.25, 0.3) is 0 Å².